The van der Waals surface area contributed by atoms with Gasteiger partial charge in [-0.2, -0.15) is 0 Å². The van der Waals surface area contributed by atoms with Gasteiger partial charge in [-0.1, -0.05) is 56.5 Å². The second kappa shape index (κ2) is 26.4. The maximum atomic E-state index is 14.0. The van der Waals surface area contributed by atoms with Crippen LogP contribution in [-0.4, -0.2) is 112 Å². The summed E-state index contributed by atoms with van der Waals surface area (Å²) in [6, 6.07) is 12.8. The van der Waals surface area contributed by atoms with Crippen LogP contribution in [0.15, 0.2) is 70.9 Å². The Kier molecular flexibility index (Phi) is 19.3. The fraction of sp³-hybridized carbons (Fsp3) is 0.396. The van der Waals surface area contributed by atoms with Crippen molar-refractivity contribution in [3.05, 3.63) is 105 Å². The molecule has 0 bridgehead atoms. The molecule has 3 aromatic heterocycles. The number of aromatic nitrogens is 4. The number of rotatable bonds is 24. The van der Waals surface area contributed by atoms with E-state index in [0.29, 0.717) is 60.4 Å². The van der Waals surface area contributed by atoms with Crippen LogP contribution in [0.3, 0.4) is 0 Å². The number of amides is 4. The molecule has 394 valence electrons. The zero-order valence-electron chi connectivity index (χ0n) is 41.8. The number of fused-ring (bicyclic) bond motifs is 5. The Bertz CT molecular complexity index is 3050. The van der Waals surface area contributed by atoms with Gasteiger partial charge in [-0.3, -0.25) is 24.0 Å². The van der Waals surface area contributed by atoms with Gasteiger partial charge in [-0.15, -0.1) is 0 Å². The van der Waals surface area contributed by atoms with Crippen LogP contribution in [0.1, 0.15) is 86.3 Å². The molecule has 4 amide bonds. The summed E-state index contributed by atoms with van der Waals surface area (Å²) in [5, 5.41) is 22.1. The third-order valence-corrected chi connectivity index (χ3v) is 13.1. The third-order valence-electron chi connectivity index (χ3n) is 12.0. The van der Waals surface area contributed by atoms with E-state index >= 15 is 0 Å². The predicted molar refractivity (Wildman–Crippen MR) is 274 cm³/mol. The molecule has 2 aliphatic heterocycles. The molecule has 22 heteroatoms. The molecule has 0 unspecified atom stereocenters. The number of ether oxygens (including phenoxy) is 5. The number of aryl methyl sites for hydroxylation is 1. The van der Waals surface area contributed by atoms with Crippen LogP contribution >= 0.6 is 11.8 Å². The summed E-state index contributed by atoms with van der Waals surface area (Å²) < 4.78 is 28.8. The predicted octanol–water partition coefficient (Wildman–Crippen LogP) is 4.54. The Morgan fingerprint density at radius 2 is 1.61 bits per heavy atom. The number of phenols is 1. The maximum absolute atomic E-state index is 14.0. The fourth-order valence-corrected chi connectivity index (χ4v) is 8.94. The summed E-state index contributed by atoms with van der Waals surface area (Å²) in [5.41, 5.74) is 2.99. The molecule has 75 heavy (non-hydrogen) atoms. The van der Waals surface area contributed by atoms with Crippen molar-refractivity contribution >= 4 is 64.1 Å². The number of aromatic hydroxyl groups is 1. The second-order valence-corrected chi connectivity index (χ2v) is 18.3. The lowest BCUT2D eigenvalue weighted by molar-refractivity contribution is -0.175. The molecular weight excluding hydrogens is 989 g/mol. The van der Waals surface area contributed by atoms with Crippen LogP contribution in [0.5, 0.6) is 5.75 Å². The van der Waals surface area contributed by atoms with Crippen molar-refractivity contribution < 1.29 is 57.6 Å². The first-order valence-corrected chi connectivity index (χ1v) is 25.5. The van der Waals surface area contributed by atoms with E-state index in [2.05, 4.69) is 50.0 Å². The molecule has 2 aliphatic rings. The molecule has 5 aromatic rings. The largest absolute Gasteiger partial charge is 0.510 e. The number of nitrogens with zero attached hydrogens (tertiary/aromatic N) is 4. The normalized spacial score (nSPS) is 14.0. The summed E-state index contributed by atoms with van der Waals surface area (Å²) in [6.07, 6.45) is 5.31. The molecule has 5 heterocycles. The van der Waals surface area contributed by atoms with Gasteiger partial charge < -0.3 is 54.6 Å². The first-order chi connectivity index (χ1) is 36.3. The summed E-state index contributed by atoms with van der Waals surface area (Å²) in [6.45, 7) is 5.07. The van der Waals surface area contributed by atoms with Crippen molar-refractivity contribution in [2.75, 3.05) is 57.1 Å². The van der Waals surface area contributed by atoms with Crippen molar-refractivity contribution in [2.45, 2.75) is 89.8 Å². The van der Waals surface area contributed by atoms with Gasteiger partial charge in [0.05, 0.1) is 54.3 Å². The summed E-state index contributed by atoms with van der Waals surface area (Å²) in [4.78, 5) is 103. The second-order valence-electron chi connectivity index (χ2n) is 17.3. The minimum Gasteiger partial charge on any atom is -0.508 e. The molecule has 2 aromatic carbocycles. The summed E-state index contributed by atoms with van der Waals surface area (Å²) in [7, 11) is 0. The summed E-state index contributed by atoms with van der Waals surface area (Å²) >= 11 is 1.60. The van der Waals surface area contributed by atoms with Crippen LogP contribution in [0.25, 0.3) is 22.3 Å². The molecule has 0 spiro atoms. The van der Waals surface area contributed by atoms with E-state index in [4.69, 9.17) is 28.7 Å². The number of carbonyl (C=O) groups is 6. The zero-order chi connectivity index (χ0) is 53.3. The molecule has 0 fully saturated rings. The Labute approximate surface area is 436 Å². The van der Waals surface area contributed by atoms with Crippen molar-refractivity contribution in [2.24, 2.45) is 0 Å². The lowest BCUT2D eigenvalue weighted by Gasteiger charge is -2.35. The number of anilines is 1. The average Bonchev–Trinajstić information content (AvgIpc) is 3.78. The van der Waals surface area contributed by atoms with Crippen LogP contribution in [0.2, 0.25) is 0 Å². The number of cyclic esters (lactones) is 1. The highest BCUT2D eigenvalue weighted by Gasteiger charge is 2.51. The minimum atomic E-state index is -1.99. The van der Waals surface area contributed by atoms with Crippen molar-refractivity contribution in [3.8, 4) is 29.0 Å². The lowest BCUT2D eigenvalue weighted by atomic mass is 9.85. The van der Waals surface area contributed by atoms with Gasteiger partial charge in [0.15, 0.2) is 5.16 Å². The number of nitrogens with one attached hydrogen (secondary N) is 4. The van der Waals surface area contributed by atoms with Crippen molar-refractivity contribution in [1.29, 1.82) is 0 Å². The topological polar surface area (TPSA) is 278 Å². The number of esters is 1. The zero-order valence-corrected chi connectivity index (χ0v) is 42.7. The van der Waals surface area contributed by atoms with Crippen LogP contribution in [-0.2, 0) is 79.4 Å². The number of pyridine rings is 2. The Balaban J connectivity index is 0.758. The molecule has 7 rings (SSSR count). The molecular formula is C53H58N8O13S. The van der Waals surface area contributed by atoms with Crippen LogP contribution in [0, 0.1) is 11.8 Å². The van der Waals surface area contributed by atoms with Crippen LogP contribution in [0.4, 0.5) is 10.5 Å². The van der Waals surface area contributed by atoms with Gasteiger partial charge in [0.1, 0.15) is 32.2 Å². The van der Waals surface area contributed by atoms with Gasteiger partial charge in [-0.05, 0) is 73.2 Å². The van der Waals surface area contributed by atoms with Gasteiger partial charge in [0, 0.05) is 66.3 Å². The lowest BCUT2D eigenvalue weighted by Crippen LogP contribution is -2.47. The number of phenolic OH excluding ortho intramolecular Hbond substituents is 1. The van der Waals surface area contributed by atoms with E-state index in [1.54, 1.807) is 84.2 Å². The first kappa shape index (κ1) is 54.9. The van der Waals surface area contributed by atoms with E-state index in [0.717, 1.165) is 39.4 Å². The van der Waals surface area contributed by atoms with Gasteiger partial charge >= 0.3 is 12.1 Å². The number of benzene rings is 2. The highest BCUT2D eigenvalue weighted by molar-refractivity contribution is 7.99. The number of hydrogen-bond acceptors (Lipinski definition) is 17. The molecule has 21 nitrogen and oxygen atoms in total. The third kappa shape index (κ3) is 14.3. The van der Waals surface area contributed by atoms with E-state index in [9.17, 15) is 38.7 Å². The highest BCUT2D eigenvalue weighted by atomic mass is 32.2. The Morgan fingerprint density at radius 1 is 0.880 bits per heavy atom. The molecule has 0 saturated carbocycles. The van der Waals surface area contributed by atoms with Gasteiger partial charge in [0.2, 0.25) is 29.2 Å². The number of carbonyl (C=O) groups excluding carboxylic acids is 6. The average molecular weight is 1050 g/mol. The van der Waals surface area contributed by atoms with E-state index < -0.39 is 54.2 Å². The highest BCUT2D eigenvalue weighted by Crippen LogP contribution is 2.42. The fourth-order valence-electron chi connectivity index (χ4n) is 8.30. The van der Waals surface area contributed by atoms with Crippen LogP contribution < -0.4 is 26.8 Å². The van der Waals surface area contributed by atoms with Gasteiger partial charge in [0.25, 0.3) is 5.56 Å². The molecule has 0 radical (unpaired) electrons. The van der Waals surface area contributed by atoms with Crippen molar-refractivity contribution in [3.63, 3.8) is 0 Å². The Hall–Kier alpha value is -7.87. The smallest absolute Gasteiger partial charge is 0.508 e. The monoisotopic (exact) mass is 1050 g/mol. The molecule has 5 N–H and O–H groups in total. The van der Waals surface area contributed by atoms with E-state index in [1.165, 1.54) is 0 Å². The molecule has 1 atom stereocenters. The quantitative estimate of drug-likeness (QED) is 0.0183. The summed E-state index contributed by atoms with van der Waals surface area (Å²) in [5.74, 6) is 4.50. The minimum absolute atomic E-state index is 0.0669. The van der Waals surface area contributed by atoms with Crippen molar-refractivity contribution in [1.82, 2.24) is 35.5 Å². The van der Waals surface area contributed by atoms with E-state index in [-0.39, 0.29) is 75.3 Å². The number of hydrogen-bond donors (Lipinski definition) is 5. The number of unbranched alkanes of at least 4 members (excludes halogenated alkanes) is 1. The van der Waals surface area contributed by atoms with Gasteiger partial charge in [-0.25, -0.2) is 24.5 Å². The van der Waals surface area contributed by atoms with E-state index in [1.807, 2.05) is 6.92 Å². The maximum Gasteiger partial charge on any atom is 0.510 e. The number of thioether (sulfide) groups is 1. The SMILES string of the molecule is CCCSc1ncc(C#CCCCC(=O)NCCOCCNC(=O)COCC(=O)NCC(=O)Nc2ccc(COC(=O)O[C@]3(CC)C(=O)OCc4c3cc3n(c4=O)Cc4c-3nc3ccc(O)cc3c4CC)cc2)cn1. The molecule has 0 aliphatic carbocycles. The first-order valence-electron chi connectivity index (χ1n) is 24.5. The Morgan fingerprint density at radius 3 is 2.33 bits per heavy atom. The molecule has 0 saturated heterocycles. The standard InChI is InChI=1S/C53H58N8O13S/c1-4-22-75-51-57-25-34(26-58-51)10-8-7-9-11-44(63)54-18-20-70-21-19-55-46(65)31-71-32-47(66)56-27-45(64)59-35-14-12-33(13-15-35)29-73-52(69)74-53(6-3)41-24-43-48-39(28-61(43)49(67)40(41)30-72-50(53)68)37(5-2)38-23-36(62)16-17-42(38)60-48/h12-17,23-26,62H,4-7,9,11,18-22,27-32H2,1-3H3,(H,54,63)(H,55,65)(H,56,66)(H,59,64)/t53-/m0/s1.